The van der Waals surface area contributed by atoms with Gasteiger partial charge in [-0.3, -0.25) is 10.1 Å². The number of rotatable bonds is 7. The highest BCUT2D eigenvalue weighted by molar-refractivity contribution is 5.90. The molecule has 0 aliphatic rings. The van der Waals surface area contributed by atoms with Crippen LogP contribution in [0.15, 0.2) is 30.6 Å². The number of aromatic nitrogens is 2. The molecular formula is C16H19N5O4. The second-order valence-electron chi connectivity index (χ2n) is 5.04. The lowest BCUT2D eigenvalue weighted by atomic mass is 10.2. The lowest BCUT2D eigenvalue weighted by Crippen LogP contribution is -2.22. The van der Waals surface area contributed by atoms with Crippen LogP contribution in [0.4, 0.5) is 23.0 Å². The zero-order chi connectivity index (χ0) is 18.4. The molecule has 1 N–H and O–H groups in total. The van der Waals surface area contributed by atoms with Crippen molar-refractivity contribution in [1.82, 2.24) is 9.97 Å². The van der Waals surface area contributed by atoms with Crippen molar-refractivity contribution in [3.05, 3.63) is 46.3 Å². The number of methoxy groups -OCH3 is 1. The van der Waals surface area contributed by atoms with Crippen LogP contribution in [0.5, 0.6) is 0 Å². The van der Waals surface area contributed by atoms with Crippen molar-refractivity contribution in [3.8, 4) is 0 Å². The maximum Gasteiger partial charge on any atom is 0.339 e. The zero-order valence-corrected chi connectivity index (χ0v) is 14.2. The molecule has 25 heavy (non-hydrogen) atoms. The van der Waals surface area contributed by atoms with Crippen LogP contribution < -0.4 is 10.2 Å². The number of hydrogen-bond donors (Lipinski definition) is 1. The van der Waals surface area contributed by atoms with Gasteiger partial charge in [0.15, 0.2) is 0 Å². The van der Waals surface area contributed by atoms with Crippen molar-refractivity contribution in [2.45, 2.75) is 13.8 Å². The average Bonchev–Trinajstić information content (AvgIpc) is 2.63. The highest BCUT2D eigenvalue weighted by atomic mass is 16.6. The Labute approximate surface area is 144 Å². The summed E-state index contributed by atoms with van der Waals surface area (Å²) in [5.41, 5.74) is 0.239. The molecule has 0 radical (unpaired) electrons. The third kappa shape index (κ3) is 4.19. The summed E-state index contributed by atoms with van der Waals surface area (Å²) in [6.07, 6.45) is 2.80. The van der Waals surface area contributed by atoms with Crippen LogP contribution in [0.3, 0.4) is 0 Å². The molecule has 0 aliphatic heterocycles. The first-order chi connectivity index (χ1) is 12.0. The molecule has 9 heteroatoms. The molecule has 0 atom stereocenters. The SMILES string of the molecule is CCN(CC)c1ccc(Nc2ncc(C(=O)OC)cc2[N+](=O)[O-])cn1. The molecule has 2 heterocycles. The summed E-state index contributed by atoms with van der Waals surface area (Å²) >= 11 is 0. The van der Waals surface area contributed by atoms with E-state index in [1.807, 2.05) is 19.9 Å². The number of pyridine rings is 2. The van der Waals surface area contributed by atoms with E-state index in [-0.39, 0.29) is 17.1 Å². The number of hydrogen-bond acceptors (Lipinski definition) is 8. The molecule has 2 aromatic rings. The zero-order valence-electron chi connectivity index (χ0n) is 14.2. The quantitative estimate of drug-likeness (QED) is 0.463. The summed E-state index contributed by atoms with van der Waals surface area (Å²) in [5, 5.41) is 14.1. The van der Waals surface area contributed by atoms with Crippen LogP contribution in [0, 0.1) is 10.1 Å². The number of carbonyl (C=O) groups excluding carboxylic acids is 1. The van der Waals surface area contributed by atoms with Crippen LogP contribution in [0.2, 0.25) is 0 Å². The number of nitrogens with one attached hydrogen (secondary N) is 1. The van der Waals surface area contributed by atoms with Gasteiger partial charge in [-0.15, -0.1) is 0 Å². The number of anilines is 3. The highest BCUT2D eigenvalue weighted by Gasteiger charge is 2.20. The Morgan fingerprint density at radius 1 is 1.28 bits per heavy atom. The van der Waals surface area contributed by atoms with Gasteiger partial charge in [-0.2, -0.15) is 0 Å². The van der Waals surface area contributed by atoms with Crippen LogP contribution in [-0.2, 0) is 4.74 Å². The fourth-order valence-corrected chi connectivity index (χ4v) is 2.25. The van der Waals surface area contributed by atoms with E-state index in [2.05, 4.69) is 24.9 Å². The van der Waals surface area contributed by atoms with Gasteiger partial charge in [-0.25, -0.2) is 14.8 Å². The van der Waals surface area contributed by atoms with Gasteiger partial charge >= 0.3 is 11.7 Å². The highest BCUT2D eigenvalue weighted by Crippen LogP contribution is 2.26. The van der Waals surface area contributed by atoms with E-state index in [1.54, 1.807) is 12.3 Å². The second-order valence-corrected chi connectivity index (χ2v) is 5.04. The van der Waals surface area contributed by atoms with Gasteiger partial charge in [0.25, 0.3) is 0 Å². The molecule has 2 rings (SSSR count). The minimum Gasteiger partial charge on any atom is -0.465 e. The van der Waals surface area contributed by atoms with E-state index >= 15 is 0 Å². The third-order valence-corrected chi connectivity index (χ3v) is 3.58. The van der Waals surface area contributed by atoms with Gasteiger partial charge in [0.1, 0.15) is 5.82 Å². The first-order valence-electron chi connectivity index (χ1n) is 7.70. The maximum absolute atomic E-state index is 11.5. The molecular weight excluding hydrogens is 326 g/mol. The number of ether oxygens (including phenoxy) is 1. The summed E-state index contributed by atoms with van der Waals surface area (Å²) in [5.74, 6) is 0.154. The topological polar surface area (TPSA) is 110 Å². The Morgan fingerprint density at radius 2 is 2.00 bits per heavy atom. The molecule has 132 valence electrons. The van der Waals surface area contributed by atoms with E-state index in [9.17, 15) is 14.9 Å². The molecule has 0 amide bonds. The van der Waals surface area contributed by atoms with Gasteiger partial charge in [-0.05, 0) is 26.0 Å². The fraction of sp³-hybridized carbons (Fsp3) is 0.312. The van der Waals surface area contributed by atoms with Crippen LogP contribution in [-0.4, -0.2) is 41.1 Å². The summed E-state index contributed by atoms with van der Waals surface area (Å²) in [6.45, 7) is 5.73. The van der Waals surface area contributed by atoms with Gasteiger partial charge in [0.2, 0.25) is 5.82 Å². The number of esters is 1. The van der Waals surface area contributed by atoms with E-state index < -0.39 is 10.9 Å². The van der Waals surface area contributed by atoms with Crippen molar-refractivity contribution >= 4 is 29.0 Å². The fourth-order valence-electron chi connectivity index (χ4n) is 2.25. The monoisotopic (exact) mass is 345 g/mol. The van der Waals surface area contributed by atoms with Crippen molar-refractivity contribution in [3.63, 3.8) is 0 Å². The molecule has 0 spiro atoms. The molecule has 2 aromatic heterocycles. The van der Waals surface area contributed by atoms with Gasteiger partial charge in [0, 0.05) is 25.4 Å². The van der Waals surface area contributed by atoms with Crippen LogP contribution in [0.25, 0.3) is 0 Å². The summed E-state index contributed by atoms with van der Waals surface area (Å²) in [4.78, 5) is 32.5. The predicted molar refractivity (Wildman–Crippen MR) is 93.3 cm³/mol. The molecule has 0 unspecified atom stereocenters. The minimum absolute atomic E-state index is 0.00903. The van der Waals surface area contributed by atoms with Crippen molar-refractivity contribution in [2.24, 2.45) is 0 Å². The maximum atomic E-state index is 11.5. The van der Waals surface area contributed by atoms with E-state index in [4.69, 9.17) is 0 Å². The molecule has 0 saturated heterocycles. The summed E-state index contributed by atoms with van der Waals surface area (Å²) in [7, 11) is 1.20. The normalized spacial score (nSPS) is 10.2. The lowest BCUT2D eigenvalue weighted by Gasteiger charge is -2.19. The van der Waals surface area contributed by atoms with E-state index in [0.717, 1.165) is 25.0 Å². The van der Waals surface area contributed by atoms with Gasteiger partial charge in [-0.1, -0.05) is 0 Å². The van der Waals surface area contributed by atoms with E-state index in [1.165, 1.54) is 13.3 Å². The Bertz CT molecular complexity index is 760. The minimum atomic E-state index is -0.688. The van der Waals surface area contributed by atoms with E-state index in [0.29, 0.717) is 5.69 Å². The molecule has 9 nitrogen and oxygen atoms in total. The summed E-state index contributed by atoms with van der Waals surface area (Å²) < 4.78 is 4.55. The van der Waals surface area contributed by atoms with Gasteiger partial charge in [0.05, 0.1) is 29.5 Å². The standard InChI is InChI=1S/C16H19N5O4/c1-4-20(5-2)14-7-6-12(10-17-14)19-15-13(21(23)24)8-11(9-18-15)16(22)25-3/h6-10H,4-5H2,1-3H3,(H,18,19). The predicted octanol–water partition coefficient (Wildman–Crippen LogP) is 2.76. The Kier molecular flexibility index (Phi) is 5.83. The van der Waals surface area contributed by atoms with Crippen LogP contribution in [0.1, 0.15) is 24.2 Å². The second kappa shape index (κ2) is 8.04. The Balaban J connectivity index is 2.27. The number of carbonyl (C=O) groups is 1. The first-order valence-corrected chi connectivity index (χ1v) is 7.70. The van der Waals surface area contributed by atoms with Gasteiger partial charge < -0.3 is 15.0 Å². The number of nitro groups is 1. The first kappa shape index (κ1) is 18.1. The van der Waals surface area contributed by atoms with Crippen molar-refractivity contribution < 1.29 is 14.5 Å². The van der Waals surface area contributed by atoms with Crippen LogP contribution >= 0.6 is 0 Å². The van der Waals surface area contributed by atoms with Crippen molar-refractivity contribution in [1.29, 1.82) is 0 Å². The Hall–Kier alpha value is -3.23. The number of nitrogens with zero attached hydrogens (tertiary/aromatic N) is 4. The smallest absolute Gasteiger partial charge is 0.339 e. The molecule has 0 bridgehead atoms. The molecule has 0 saturated carbocycles. The third-order valence-electron chi connectivity index (χ3n) is 3.58. The van der Waals surface area contributed by atoms with Crippen molar-refractivity contribution in [2.75, 3.05) is 30.4 Å². The summed E-state index contributed by atoms with van der Waals surface area (Å²) in [6, 6.07) is 4.71. The molecule has 0 fully saturated rings. The Morgan fingerprint density at radius 3 is 2.52 bits per heavy atom. The largest absolute Gasteiger partial charge is 0.465 e. The molecule has 0 aliphatic carbocycles. The molecule has 0 aromatic carbocycles. The lowest BCUT2D eigenvalue weighted by molar-refractivity contribution is -0.384. The average molecular weight is 345 g/mol.